The molecular weight excluding hydrogens is 742 g/mol. The first-order valence-corrected chi connectivity index (χ1v) is 20.2. The Bertz CT molecular complexity index is 50.8. The Labute approximate surface area is 93.0 Å². The van der Waals surface area contributed by atoms with Crippen LogP contribution in [0.1, 0.15) is 0 Å². The molecule has 0 aliphatic heterocycles. The topological polar surface area (TPSA) is 0 Å². The fourth-order valence-corrected chi connectivity index (χ4v) is 19.5. The summed E-state index contributed by atoms with van der Waals surface area (Å²) in [4.78, 5) is 0. The van der Waals surface area contributed by atoms with Gasteiger partial charge in [0.2, 0.25) is 0 Å². The average molecular weight is 744 g/mol. The number of hydrogen-bond donors (Lipinski definition) is 0. The molecule has 0 nitrogen and oxygen atoms in total. The molecule has 0 rings (SSSR count). The van der Waals surface area contributed by atoms with E-state index in [4.69, 9.17) is 0 Å². The van der Waals surface area contributed by atoms with E-state index in [1.807, 2.05) is 0 Å². The van der Waals surface area contributed by atoms with Crippen LogP contribution in [-0.2, 0) is 26.2 Å². The van der Waals surface area contributed by atoms with Crippen molar-refractivity contribution >= 4 is 61.8 Å². The molecule has 0 fully saturated rings. The second-order valence-corrected chi connectivity index (χ2v) is 10.1. The summed E-state index contributed by atoms with van der Waals surface area (Å²) in [7, 11) is 0. The Morgan fingerprint density at radius 3 is 2.33 bits per heavy atom. The third kappa shape index (κ3) is 10.3. The molecule has 4 heteroatoms. The van der Waals surface area contributed by atoms with E-state index in [0.29, 0.717) is 0 Å². The third-order valence-electron chi connectivity index (χ3n) is 0.122. The Hall–Kier alpha value is 3.27. The van der Waals surface area contributed by atoms with Gasteiger partial charge in [0.15, 0.2) is 0 Å². The van der Waals surface area contributed by atoms with Gasteiger partial charge in [0, 0.05) is 26.2 Å². The predicted molar refractivity (Wildman–Crippen MR) is 26.5 cm³/mol. The van der Waals surface area contributed by atoms with E-state index in [-0.39, 0.29) is 44.0 Å². The molecule has 0 saturated carbocycles. The molecule has 30 valence electrons. The van der Waals surface area contributed by atoms with E-state index < -0.39 is 0 Å². The van der Waals surface area contributed by atoms with Crippen molar-refractivity contribution < 1.29 is 26.2 Å². The standard InChI is InChI=1S/C2H.3Bi.Zr.H/c1-2;;;;;/h1H;;;;;/q-1;;;;;. The molecule has 2 radical (unpaired) electrons. The minimum atomic E-state index is -0.0247. The maximum atomic E-state index is 3.28. The summed E-state index contributed by atoms with van der Waals surface area (Å²) < 4.78 is 5.46. The molecule has 0 aromatic carbocycles. The van der Waals surface area contributed by atoms with Crippen LogP contribution in [0.4, 0.5) is 0 Å². The number of rotatable bonds is 1. The van der Waals surface area contributed by atoms with E-state index in [0.717, 1.165) is 0 Å². The third-order valence-corrected chi connectivity index (χ3v) is 9.42. The van der Waals surface area contributed by atoms with Gasteiger partial charge in [-0.25, -0.2) is 0 Å². The first kappa shape index (κ1) is 12.0. The van der Waals surface area contributed by atoms with Crippen LogP contribution in [0, 0.1) is 3.78 Å². The van der Waals surface area contributed by atoms with Crippen LogP contribution in [-0.4, -0.2) is 61.8 Å². The van der Waals surface area contributed by atoms with E-state index in [9.17, 15) is 0 Å². The van der Waals surface area contributed by atoms with Crippen LogP contribution in [0.25, 0.3) is 0 Å². The summed E-state index contributed by atoms with van der Waals surface area (Å²) in [5.74, 6) is 0. The summed E-state index contributed by atoms with van der Waals surface area (Å²) in [6.07, 6.45) is 0. The molecule has 0 aromatic rings. The molecule has 0 spiro atoms. The van der Waals surface area contributed by atoms with Crippen molar-refractivity contribution in [1.29, 1.82) is 0 Å². The van der Waals surface area contributed by atoms with Gasteiger partial charge in [-0.1, -0.05) is 0 Å². The molecule has 0 atom stereocenters. The zero-order valence-corrected chi connectivity index (χ0v) is 16.3. The van der Waals surface area contributed by atoms with Gasteiger partial charge in [-0.2, -0.15) is 0 Å². The molecule has 0 aliphatic carbocycles. The van der Waals surface area contributed by atoms with Crippen molar-refractivity contribution in [2.45, 2.75) is 0 Å². The summed E-state index contributed by atoms with van der Waals surface area (Å²) >= 11 is 2.82. The van der Waals surface area contributed by atoms with Gasteiger partial charge in [0.25, 0.3) is 0 Å². The van der Waals surface area contributed by atoms with Gasteiger partial charge in [-0.05, 0) is 0 Å². The maximum Gasteiger partial charge on any atom is 0 e. The van der Waals surface area contributed by atoms with Gasteiger partial charge in [-0.3, -0.25) is 0 Å². The van der Waals surface area contributed by atoms with Gasteiger partial charge in [0.05, 0.1) is 0 Å². The minimum absolute atomic E-state index is 0. The molecule has 0 saturated heterocycles. The minimum Gasteiger partial charge on any atom is 0 e. The van der Waals surface area contributed by atoms with Crippen LogP contribution in [0.15, 0.2) is 3.78 Å². The normalized spacial score (nSPS) is 7.50. The van der Waals surface area contributed by atoms with Crippen LogP contribution < -0.4 is 0 Å². The van der Waals surface area contributed by atoms with Crippen molar-refractivity contribution in [2.75, 3.05) is 0 Å². The molecule has 0 aliphatic rings. The largest absolute Gasteiger partial charge is 0 e. The predicted octanol–water partition coefficient (Wildman–Crippen LogP) is -1.05. The van der Waals surface area contributed by atoms with Gasteiger partial charge >= 0.3 is 69.3 Å². The van der Waals surface area contributed by atoms with Crippen LogP contribution in [0.3, 0.4) is 0 Å². The van der Waals surface area contributed by atoms with E-state index in [1.165, 1.54) is 24.7 Å². The molecule has 0 unspecified atom stereocenters. The Kier molecular flexibility index (Phi) is 22.2. The van der Waals surface area contributed by atoms with E-state index in [1.54, 1.807) is 19.3 Å². The second kappa shape index (κ2) is 11.1. The zero-order chi connectivity index (χ0) is 4.12. The van der Waals surface area contributed by atoms with Crippen molar-refractivity contribution in [3.8, 4) is 0 Å². The molecular formula is C2H2Bi3Zr-. The molecule has 0 aromatic heterocycles. The fraction of sp³-hybridized carbons (Fsp3) is 0. The van der Waals surface area contributed by atoms with Gasteiger partial charge in [0.1, 0.15) is 0 Å². The summed E-state index contributed by atoms with van der Waals surface area (Å²) in [6.45, 7) is 0. The molecule has 6 heavy (non-hydrogen) atoms. The fourth-order valence-electron chi connectivity index (χ4n) is 0.0289. The molecule has 0 heterocycles. The molecule has 0 bridgehead atoms. The van der Waals surface area contributed by atoms with Crippen molar-refractivity contribution in [3.63, 3.8) is 0 Å². The van der Waals surface area contributed by atoms with Crippen molar-refractivity contribution in [3.05, 3.63) is 7.57 Å². The Balaban J connectivity index is 0. The monoisotopic (exact) mass is 743 g/mol. The number of hydrogen-bond acceptors (Lipinski definition) is 0. The zero-order valence-electron chi connectivity index (χ0n) is 2.97. The van der Waals surface area contributed by atoms with Crippen LogP contribution in [0.2, 0.25) is 0 Å². The summed E-state index contributed by atoms with van der Waals surface area (Å²) in [5, 5.41) is 0. The van der Waals surface area contributed by atoms with Gasteiger partial charge in [-0.15, -0.1) is 0 Å². The van der Waals surface area contributed by atoms with Crippen molar-refractivity contribution in [2.24, 2.45) is 0 Å². The average Bonchev–Trinajstić information content (AvgIpc) is 1.41. The maximum absolute atomic E-state index is 3.28. The smallest absolute Gasteiger partial charge is 0 e. The first-order chi connectivity index (χ1) is 2.41. The van der Waals surface area contributed by atoms with E-state index in [2.05, 4.69) is 7.57 Å². The first-order valence-electron chi connectivity index (χ1n) is 1.00. The Morgan fingerprint density at radius 2 is 2.33 bits per heavy atom. The van der Waals surface area contributed by atoms with E-state index >= 15 is 0 Å². The second-order valence-electron chi connectivity index (χ2n) is 0.373. The van der Waals surface area contributed by atoms with Crippen LogP contribution in [0.5, 0.6) is 0 Å². The summed E-state index contributed by atoms with van der Waals surface area (Å²) in [6, 6.07) is 0. The van der Waals surface area contributed by atoms with Gasteiger partial charge < -0.3 is 0 Å². The van der Waals surface area contributed by atoms with Crippen molar-refractivity contribution in [1.82, 2.24) is 0 Å². The molecule has 0 N–H and O–H groups in total. The molecule has 0 amide bonds. The quantitative estimate of drug-likeness (QED) is 0.238. The summed E-state index contributed by atoms with van der Waals surface area (Å²) in [5.41, 5.74) is 0. The van der Waals surface area contributed by atoms with Crippen LogP contribution >= 0.6 is 0 Å². The Morgan fingerprint density at radius 1 is 1.83 bits per heavy atom. The SMILES string of the molecule is [Bi]=[Bi][C-]=[CH][BiH].[Zr].